The van der Waals surface area contributed by atoms with Crippen molar-refractivity contribution >= 4 is 57.7 Å². The maximum absolute atomic E-state index is 13.4. The summed E-state index contributed by atoms with van der Waals surface area (Å²) in [6.45, 7) is 3.72. The zero-order valence-electron chi connectivity index (χ0n) is 19.5. The van der Waals surface area contributed by atoms with Gasteiger partial charge in [0.15, 0.2) is 5.11 Å². The summed E-state index contributed by atoms with van der Waals surface area (Å²) in [5, 5.41) is 3.56. The van der Waals surface area contributed by atoms with Gasteiger partial charge < -0.3 is 9.47 Å². The molecule has 2 saturated heterocycles. The lowest BCUT2D eigenvalue weighted by Crippen LogP contribution is -2.54. The third-order valence-electron chi connectivity index (χ3n) is 6.50. The number of carbonyl (C=O) groups is 3. The number of likely N-dealkylation sites (tertiary alicyclic amines) is 1. The number of nitrogens with one attached hydrogen (secondary N) is 1. The summed E-state index contributed by atoms with van der Waals surface area (Å²) in [7, 11) is 0. The van der Waals surface area contributed by atoms with Gasteiger partial charge in [-0.3, -0.25) is 24.6 Å². The van der Waals surface area contributed by atoms with Gasteiger partial charge in [0.05, 0.1) is 5.69 Å². The summed E-state index contributed by atoms with van der Waals surface area (Å²) < 4.78 is 1.90. The molecule has 1 aromatic heterocycles. The van der Waals surface area contributed by atoms with Gasteiger partial charge in [0.25, 0.3) is 11.8 Å². The van der Waals surface area contributed by atoms with Crippen LogP contribution in [0.25, 0.3) is 17.0 Å². The van der Waals surface area contributed by atoms with E-state index in [0.29, 0.717) is 11.3 Å². The van der Waals surface area contributed by atoms with E-state index in [2.05, 4.69) is 5.32 Å². The molecular formula is C27H26N4O3S. The van der Waals surface area contributed by atoms with Crippen LogP contribution in [0.4, 0.5) is 5.69 Å². The molecule has 8 heteroatoms. The Balaban J connectivity index is 1.51. The minimum atomic E-state index is -0.537. The summed E-state index contributed by atoms with van der Waals surface area (Å²) in [4.78, 5) is 42.4. The number of benzene rings is 2. The third kappa shape index (κ3) is 4.49. The first-order valence-corrected chi connectivity index (χ1v) is 12.2. The lowest BCUT2D eigenvalue weighted by molar-refractivity contribution is -0.132. The lowest BCUT2D eigenvalue weighted by Gasteiger charge is -2.29. The van der Waals surface area contributed by atoms with E-state index in [1.165, 1.54) is 4.90 Å². The smallest absolute Gasteiger partial charge is 0.270 e. The van der Waals surface area contributed by atoms with E-state index in [1.807, 2.05) is 65.1 Å². The predicted octanol–water partition coefficient (Wildman–Crippen LogP) is 3.79. The van der Waals surface area contributed by atoms with Crippen molar-refractivity contribution in [3.05, 3.63) is 71.4 Å². The maximum Gasteiger partial charge on any atom is 0.270 e. The van der Waals surface area contributed by atoms with E-state index in [0.717, 1.165) is 48.8 Å². The number of nitrogens with zero attached hydrogens (tertiary/aromatic N) is 3. The molecule has 0 saturated carbocycles. The molecular weight excluding hydrogens is 460 g/mol. The van der Waals surface area contributed by atoms with Gasteiger partial charge in [-0.2, -0.15) is 0 Å². The van der Waals surface area contributed by atoms with Gasteiger partial charge in [-0.1, -0.05) is 30.3 Å². The number of carbonyl (C=O) groups excluding carboxylic acids is 3. The summed E-state index contributed by atoms with van der Waals surface area (Å²) in [5.41, 5.74) is 3.13. The number of fused-ring (bicyclic) bond motifs is 1. The van der Waals surface area contributed by atoms with Gasteiger partial charge in [0.1, 0.15) is 12.1 Å². The van der Waals surface area contributed by atoms with E-state index >= 15 is 0 Å². The quantitative estimate of drug-likeness (QED) is 0.346. The number of aryl methyl sites for hydroxylation is 1. The van der Waals surface area contributed by atoms with Crippen LogP contribution in [0.3, 0.4) is 0 Å². The molecule has 2 aliphatic heterocycles. The number of amides is 3. The van der Waals surface area contributed by atoms with Crippen LogP contribution in [-0.2, 0) is 20.9 Å². The number of piperidine rings is 1. The Morgan fingerprint density at radius 3 is 2.60 bits per heavy atom. The van der Waals surface area contributed by atoms with Crippen molar-refractivity contribution in [3.63, 3.8) is 0 Å². The molecule has 0 bridgehead atoms. The zero-order chi connectivity index (χ0) is 24.5. The van der Waals surface area contributed by atoms with Crippen LogP contribution in [0.2, 0.25) is 0 Å². The summed E-state index contributed by atoms with van der Waals surface area (Å²) in [6, 6.07) is 15.1. The Bertz CT molecular complexity index is 1380. The van der Waals surface area contributed by atoms with E-state index in [4.69, 9.17) is 12.2 Å². The number of anilines is 1. The monoisotopic (exact) mass is 486 g/mol. The minimum Gasteiger partial charge on any atom is -0.341 e. The molecule has 0 spiro atoms. The predicted molar refractivity (Wildman–Crippen MR) is 140 cm³/mol. The molecule has 0 unspecified atom stereocenters. The fraction of sp³-hybridized carbons (Fsp3) is 0.259. The van der Waals surface area contributed by atoms with Crippen molar-refractivity contribution in [2.45, 2.75) is 32.7 Å². The van der Waals surface area contributed by atoms with Gasteiger partial charge in [0.2, 0.25) is 5.91 Å². The summed E-state index contributed by atoms with van der Waals surface area (Å²) >= 11 is 5.31. The van der Waals surface area contributed by atoms with Gasteiger partial charge in [-0.25, -0.2) is 0 Å². The van der Waals surface area contributed by atoms with E-state index < -0.39 is 11.8 Å². The van der Waals surface area contributed by atoms with Crippen molar-refractivity contribution in [1.29, 1.82) is 0 Å². The minimum absolute atomic E-state index is 0.00892. The second kappa shape index (κ2) is 9.46. The normalized spacial score (nSPS) is 17.9. The molecule has 0 aliphatic carbocycles. The first-order valence-electron chi connectivity index (χ1n) is 11.8. The highest BCUT2D eigenvalue weighted by atomic mass is 32.1. The highest BCUT2D eigenvalue weighted by molar-refractivity contribution is 7.80. The largest absolute Gasteiger partial charge is 0.341 e. The third-order valence-corrected chi connectivity index (χ3v) is 6.78. The average molecular weight is 487 g/mol. The Kier molecular flexibility index (Phi) is 6.21. The van der Waals surface area contributed by atoms with Crippen molar-refractivity contribution in [2.24, 2.45) is 0 Å². The molecule has 3 aromatic rings. The van der Waals surface area contributed by atoms with E-state index in [9.17, 15) is 14.4 Å². The van der Waals surface area contributed by atoms with Gasteiger partial charge in [-0.15, -0.1) is 0 Å². The fourth-order valence-corrected chi connectivity index (χ4v) is 5.01. The van der Waals surface area contributed by atoms with Crippen LogP contribution in [0.1, 0.15) is 30.4 Å². The first-order chi connectivity index (χ1) is 16.9. The van der Waals surface area contributed by atoms with Crippen LogP contribution in [0.15, 0.2) is 60.3 Å². The highest BCUT2D eigenvalue weighted by Crippen LogP contribution is 2.27. The number of rotatable bonds is 4. The molecule has 2 aliphatic rings. The van der Waals surface area contributed by atoms with Crippen molar-refractivity contribution < 1.29 is 14.4 Å². The number of hydrogen-bond acceptors (Lipinski definition) is 4. The molecule has 5 rings (SSSR count). The molecule has 35 heavy (non-hydrogen) atoms. The number of hydrogen-bond donors (Lipinski definition) is 1. The van der Waals surface area contributed by atoms with Crippen LogP contribution in [-0.4, -0.2) is 45.4 Å². The Hall–Kier alpha value is -3.78. The molecule has 0 radical (unpaired) electrons. The molecule has 3 heterocycles. The number of para-hydroxylation sites is 1. The van der Waals surface area contributed by atoms with E-state index in [1.54, 1.807) is 12.1 Å². The SMILES string of the molecule is Cc1cccc(N2C(=O)/C(=C/c3cn(CC(=O)N4CCCCC4)c4ccccc34)C(=O)NC2=S)c1. The molecule has 2 aromatic carbocycles. The van der Waals surface area contributed by atoms with Gasteiger partial charge in [-0.05, 0) is 68.2 Å². The standard InChI is InChI=1S/C27H26N4O3S/c1-18-8-7-9-20(14-18)31-26(34)22(25(33)28-27(31)35)15-19-16-30(23-11-4-3-10-21(19)23)17-24(32)29-12-5-2-6-13-29/h3-4,7-11,14-16H,2,5-6,12-13,17H2,1H3,(H,28,33,35)/b22-15+. The maximum atomic E-state index is 13.4. The molecule has 7 nitrogen and oxygen atoms in total. The van der Waals surface area contributed by atoms with Gasteiger partial charge in [0, 0.05) is 35.8 Å². The summed E-state index contributed by atoms with van der Waals surface area (Å²) in [5.74, 6) is -0.942. The fourth-order valence-electron chi connectivity index (χ4n) is 4.72. The molecule has 3 amide bonds. The van der Waals surface area contributed by atoms with Crippen molar-refractivity contribution in [3.8, 4) is 0 Å². The van der Waals surface area contributed by atoms with Crippen molar-refractivity contribution in [1.82, 2.24) is 14.8 Å². The van der Waals surface area contributed by atoms with E-state index in [-0.39, 0.29) is 23.1 Å². The van der Waals surface area contributed by atoms with Crippen LogP contribution in [0, 0.1) is 6.92 Å². The van der Waals surface area contributed by atoms with Crippen LogP contribution >= 0.6 is 12.2 Å². The van der Waals surface area contributed by atoms with Crippen molar-refractivity contribution in [2.75, 3.05) is 18.0 Å². The number of thiocarbonyl (C=S) groups is 1. The second-order valence-corrected chi connectivity index (χ2v) is 9.35. The topological polar surface area (TPSA) is 74.7 Å². The molecule has 178 valence electrons. The molecule has 0 atom stereocenters. The Morgan fingerprint density at radius 2 is 1.83 bits per heavy atom. The first kappa shape index (κ1) is 23.0. The van der Waals surface area contributed by atoms with Crippen LogP contribution < -0.4 is 10.2 Å². The highest BCUT2D eigenvalue weighted by Gasteiger charge is 2.34. The average Bonchev–Trinajstić information content (AvgIpc) is 3.19. The Labute approximate surface area is 209 Å². The Morgan fingerprint density at radius 1 is 1.06 bits per heavy atom. The van der Waals surface area contributed by atoms with Gasteiger partial charge >= 0.3 is 0 Å². The summed E-state index contributed by atoms with van der Waals surface area (Å²) in [6.07, 6.45) is 6.65. The number of aromatic nitrogens is 1. The van der Waals surface area contributed by atoms with Crippen LogP contribution in [0.5, 0.6) is 0 Å². The molecule has 2 fully saturated rings. The lowest BCUT2D eigenvalue weighted by atomic mass is 10.1. The molecule has 1 N–H and O–H groups in total. The second-order valence-electron chi connectivity index (χ2n) is 8.97. The zero-order valence-corrected chi connectivity index (χ0v) is 20.3.